The highest BCUT2D eigenvalue weighted by atomic mass is 32.1. The predicted octanol–water partition coefficient (Wildman–Crippen LogP) is 6.41. The van der Waals surface area contributed by atoms with Crippen molar-refractivity contribution in [3.63, 3.8) is 0 Å². The first-order chi connectivity index (χ1) is 17.5. The molecule has 0 N–H and O–H groups in total. The van der Waals surface area contributed by atoms with Crippen LogP contribution in [0.5, 0.6) is 0 Å². The van der Waals surface area contributed by atoms with Crippen LogP contribution in [0.25, 0.3) is 32.0 Å². The molecule has 0 aliphatic carbocycles. The number of benzene rings is 3. The molecule has 6 rings (SSSR count). The van der Waals surface area contributed by atoms with Crippen LogP contribution in [0.2, 0.25) is 0 Å². The van der Waals surface area contributed by atoms with Crippen molar-refractivity contribution >= 4 is 54.3 Å². The zero-order valence-corrected chi connectivity index (χ0v) is 20.5. The zero-order valence-electron chi connectivity index (χ0n) is 19.7. The Morgan fingerprint density at radius 1 is 0.972 bits per heavy atom. The Hall–Kier alpha value is -4.36. The van der Waals surface area contributed by atoms with E-state index in [1.807, 2.05) is 55.5 Å². The largest absolute Gasteiger partial charge is 0.422 e. The molecule has 0 spiro atoms. The summed E-state index contributed by atoms with van der Waals surface area (Å²) >= 11 is 1.42. The van der Waals surface area contributed by atoms with Gasteiger partial charge in [0.1, 0.15) is 11.1 Å². The van der Waals surface area contributed by atoms with Crippen LogP contribution in [0.4, 0.5) is 5.13 Å². The van der Waals surface area contributed by atoms with Gasteiger partial charge in [0.25, 0.3) is 5.91 Å². The van der Waals surface area contributed by atoms with Crippen LogP contribution in [0, 0.1) is 13.8 Å². The van der Waals surface area contributed by atoms with Crippen LogP contribution in [0.1, 0.15) is 27.0 Å². The second kappa shape index (κ2) is 8.70. The van der Waals surface area contributed by atoms with Crippen molar-refractivity contribution in [2.24, 2.45) is 0 Å². The molecular weight excluding hydrogens is 470 g/mol. The molecule has 0 unspecified atom stereocenters. The van der Waals surface area contributed by atoms with E-state index in [1.54, 1.807) is 24.5 Å². The first-order valence-corrected chi connectivity index (χ1v) is 12.3. The lowest BCUT2D eigenvalue weighted by Gasteiger charge is -2.19. The molecule has 0 radical (unpaired) electrons. The number of hydrogen-bond acceptors (Lipinski definition) is 6. The van der Waals surface area contributed by atoms with E-state index in [2.05, 4.69) is 18.0 Å². The Balaban J connectivity index is 1.52. The summed E-state index contributed by atoms with van der Waals surface area (Å²) in [5.74, 6) is -0.463. The molecule has 3 heterocycles. The van der Waals surface area contributed by atoms with Crippen molar-refractivity contribution in [3.05, 3.63) is 112 Å². The van der Waals surface area contributed by atoms with E-state index in [0.717, 1.165) is 37.7 Å². The molecule has 0 aliphatic rings. The van der Waals surface area contributed by atoms with Gasteiger partial charge >= 0.3 is 5.63 Å². The number of rotatable bonds is 4. The number of aryl methyl sites for hydroxylation is 2. The van der Waals surface area contributed by atoms with E-state index >= 15 is 0 Å². The Bertz CT molecular complexity index is 1800. The van der Waals surface area contributed by atoms with Gasteiger partial charge in [-0.1, -0.05) is 47.7 Å². The maximum atomic E-state index is 14.0. The fraction of sp³-hybridized carbons (Fsp3) is 0.103. The molecule has 176 valence electrons. The normalized spacial score (nSPS) is 11.4. The fourth-order valence-electron chi connectivity index (χ4n) is 4.35. The van der Waals surface area contributed by atoms with E-state index in [-0.39, 0.29) is 12.1 Å². The second-order valence-electron chi connectivity index (χ2n) is 8.80. The summed E-state index contributed by atoms with van der Waals surface area (Å²) in [5, 5.41) is 3.15. The molecule has 0 atom stereocenters. The molecule has 6 aromatic rings. The summed E-state index contributed by atoms with van der Waals surface area (Å²) in [7, 11) is 0. The standard InChI is InChI=1S/C29H21N3O3S/c1-17-12-24-26(13-18(17)2)36-29(31-24)32(16-19-6-5-11-30-15-19)27(33)23-14-22-21-8-4-3-7-20(21)9-10-25(22)35-28(23)34/h3-15H,16H2,1-2H3. The second-order valence-corrected chi connectivity index (χ2v) is 9.81. The maximum absolute atomic E-state index is 14.0. The van der Waals surface area contributed by atoms with Crippen LogP contribution in [-0.4, -0.2) is 15.9 Å². The number of anilines is 1. The van der Waals surface area contributed by atoms with E-state index in [1.165, 1.54) is 16.2 Å². The molecule has 0 bridgehead atoms. The van der Waals surface area contributed by atoms with Crippen molar-refractivity contribution in [2.45, 2.75) is 20.4 Å². The average molecular weight is 492 g/mol. The number of thiazole rings is 1. The number of amides is 1. The number of pyridine rings is 1. The highest BCUT2D eigenvalue weighted by Gasteiger charge is 2.26. The summed E-state index contributed by atoms with van der Waals surface area (Å²) in [4.78, 5) is 37.5. The van der Waals surface area contributed by atoms with Crippen molar-refractivity contribution in [2.75, 3.05) is 4.90 Å². The van der Waals surface area contributed by atoms with Gasteiger partial charge in [-0.25, -0.2) is 9.78 Å². The Kier molecular flexibility index (Phi) is 5.34. The van der Waals surface area contributed by atoms with Crippen LogP contribution >= 0.6 is 11.3 Å². The smallest absolute Gasteiger partial charge is 0.349 e. The minimum absolute atomic E-state index is 0.0330. The quantitative estimate of drug-likeness (QED) is 0.210. The molecule has 0 saturated carbocycles. The van der Waals surface area contributed by atoms with Crippen molar-refractivity contribution in [3.8, 4) is 0 Å². The maximum Gasteiger partial charge on any atom is 0.349 e. The van der Waals surface area contributed by atoms with Gasteiger partial charge in [0, 0.05) is 17.8 Å². The average Bonchev–Trinajstić information content (AvgIpc) is 3.29. The van der Waals surface area contributed by atoms with Crippen molar-refractivity contribution in [1.82, 2.24) is 9.97 Å². The van der Waals surface area contributed by atoms with Gasteiger partial charge in [0.15, 0.2) is 5.13 Å². The SMILES string of the molecule is Cc1cc2nc(N(Cc3cccnc3)C(=O)c3cc4c(ccc5ccccc54)oc3=O)sc2cc1C. The van der Waals surface area contributed by atoms with Crippen LogP contribution in [0.3, 0.4) is 0 Å². The summed E-state index contributed by atoms with van der Waals surface area (Å²) < 4.78 is 6.60. The summed E-state index contributed by atoms with van der Waals surface area (Å²) in [6.45, 7) is 4.31. The number of carbonyl (C=O) groups is 1. The van der Waals surface area contributed by atoms with E-state index < -0.39 is 11.5 Å². The molecule has 0 aliphatic heterocycles. The van der Waals surface area contributed by atoms with Gasteiger partial charge in [-0.3, -0.25) is 14.7 Å². The van der Waals surface area contributed by atoms with E-state index in [0.29, 0.717) is 16.1 Å². The lowest BCUT2D eigenvalue weighted by Crippen LogP contribution is -2.33. The van der Waals surface area contributed by atoms with Crippen LogP contribution < -0.4 is 10.5 Å². The molecule has 1 amide bonds. The number of carbonyl (C=O) groups excluding carboxylic acids is 1. The molecule has 6 nitrogen and oxygen atoms in total. The van der Waals surface area contributed by atoms with Crippen molar-refractivity contribution < 1.29 is 9.21 Å². The number of aromatic nitrogens is 2. The highest BCUT2D eigenvalue weighted by molar-refractivity contribution is 7.22. The molecule has 7 heteroatoms. The first kappa shape index (κ1) is 22.1. The monoisotopic (exact) mass is 491 g/mol. The van der Waals surface area contributed by atoms with E-state index in [9.17, 15) is 9.59 Å². The predicted molar refractivity (Wildman–Crippen MR) is 144 cm³/mol. The zero-order chi connectivity index (χ0) is 24.8. The first-order valence-electron chi connectivity index (χ1n) is 11.5. The summed E-state index contributed by atoms with van der Waals surface area (Å²) in [6, 6.07) is 20.9. The molecule has 3 aromatic heterocycles. The number of hydrogen-bond donors (Lipinski definition) is 0. The Morgan fingerprint density at radius 2 is 1.81 bits per heavy atom. The number of nitrogens with zero attached hydrogens (tertiary/aromatic N) is 3. The molecule has 3 aromatic carbocycles. The minimum Gasteiger partial charge on any atom is -0.422 e. The lowest BCUT2D eigenvalue weighted by atomic mass is 10.0. The van der Waals surface area contributed by atoms with Gasteiger partial charge in [-0.2, -0.15) is 0 Å². The minimum atomic E-state index is -0.674. The van der Waals surface area contributed by atoms with Gasteiger partial charge in [0.05, 0.1) is 16.8 Å². The van der Waals surface area contributed by atoms with Gasteiger partial charge in [0.2, 0.25) is 0 Å². The third kappa shape index (κ3) is 3.83. The van der Waals surface area contributed by atoms with E-state index in [4.69, 9.17) is 9.40 Å². The molecule has 0 saturated heterocycles. The topological polar surface area (TPSA) is 76.3 Å². The third-order valence-corrected chi connectivity index (χ3v) is 7.45. The van der Waals surface area contributed by atoms with Gasteiger partial charge < -0.3 is 4.42 Å². The fourth-order valence-corrected chi connectivity index (χ4v) is 5.39. The van der Waals surface area contributed by atoms with Crippen molar-refractivity contribution in [1.29, 1.82) is 0 Å². The van der Waals surface area contributed by atoms with Crippen LogP contribution in [-0.2, 0) is 6.54 Å². The third-order valence-electron chi connectivity index (χ3n) is 6.40. The molecule has 36 heavy (non-hydrogen) atoms. The van der Waals surface area contributed by atoms with Crippen LogP contribution in [0.15, 0.2) is 88.3 Å². The van der Waals surface area contributed by atoms with Gasteiger partial charge in [-0.15, -0.1) is 0 Å². The van der Waals surface area contributed by atoms with Gasteiger partial charge in [-0.05, 0) is 71.6 Å². The Morgan fingerprint density at radius 3 is 2.64 bits per heavy atom. The summed E-state index contributed by atoms with van der Waals surface area (Å²) in [5.41, 5.74) is 3.67. The Labute approximate surface area is 210 Å². The molecular formula is C29H21N3O3S. The molecule has 0 fully saturated rings. The lowest BCUT2D eigenvalue weighted by molar-refractivity contribution is 0.0981. The summed E-state index contributed by atoms with van der Waals surface area (Å²) in [6.07, 6.45) is 3.39. The highest BCUT2D eigenvalue weighted by Crippen LogP contribution is 2.33. The number of fused-ring (bicyclic) bond motifs is 4.